The number of nitriles is 1. The summed E-state index contributed by atoms with van der Waals surface area (Å²) in [5.41, 5.74) is 0.447. The van der Waals surface area contributed by atoms with Crippen LogP contribution in [0.2, 0.25) is 5.02 Å². The molecule has 0 aliphatic heterocycles. The van der Waals surface area contributed by atoms with Gasteiger partial charge in [0.25, 0.3) is 0 Å². The van der Waals surface area contributed by atoms with E-state index in [2.05, 4.69) is 18.3 Å². The zero-order valence-corrected chi connectivity index (χ0v) is 11.9. The normalized spacial score (nSPS) is 25.4. The molecule has 0 amide bonds. The third kappa shape index (κ3) is 3.62. The highest BCUT2D eigenvalue weighted by Crippen LogP contribution is 2.37. The van der Waals surface area contributed by atoms with Crippen molar-refractivity contribution in [1.29, 1.82) is 5.26 Å². The number of nitrogens with zero attached hydrogens (tertiary/aromatic N) is 1. The fourth-order valence-electron chi connectivity index (χ4n) is 2.26. The predicted molar refractivity (Wildman–Crippen MR) is 77.3 cm³/mol. The summed E-state index contributed by atoms with van der Waals surface area (Å²) in [7, 11) is 0. The molecule has 3 nitrogen and oxygen atoms in total. The molecule has 4 heteroatoms. The molecule has 19 heavy (non-hydrogen) atoms. The van der Waals surface area contributed by atoms with Crippen LogP contribution < -0.4 is 5.32 Å². The number of ether oxygens (including phenoxy) is 1. The van der Waals surface area contributed by atoms with Gasteiger partial charge in [-0.25, -0.2) is 0 Å². The monoisotopic (exact) mass is 278 g/mol. The summed E-state index contributed by atoms with van der Waals surface area (Å²) in [6.07, 6.45) is 3.93. The molecule has 1 fully saturated rings. The molecule has 0 spiro atoms. The van der Waals surface area contributed by atoms with E-state index in [9.17, 15) is 5.26 Å². The number of halogens is 1. The lowest BCUT2D eigenvalue weighted by atomic mass is 9.75. The number of benzene rings is 1. The highest BCUT2D eigenvalue weighted by molar-refractivity contribution is 6.30. The van der Waals surface area contributed by atoms with Crippen molar-refractivity contribution >= 4 is 17.3 Å². The molecular formula is C15H19ClN2O. The molecule has 102 valence electrons. The van der Waals surface area contributed by atoms with Crippen molar-refractivity contribution in [2.45, 2.75) is 44.2 Å². The van der Waals surface area contributed by atoms with Crippen LogP contribution >= 0.6 is 11.6 Å². The molecule has 0 bridgehead atoms. The zero-order chi connectivity index (χ0) is 13.7. The highest BCUT2D eigenvalue weighted by atomic mass is 35.5. The number of hydrogen-bond donors (Lipinski definition) is 1. The van der Waals surface area contributed by atoms with Crippen molar-refractivity contribution in [2.75, 3.05) is 11.9 Å². The Morgan fingerprint density at radius 1 is 1.42 bits per heavy atom. The molecule has 0 aromatic heterocycles. The lowest BCUT2D eigenvalue weighted by Crippen LogP contribution is -2.53. The second kappa shape index (κ2) is 6.27. The highest BCUT2D eigenvalue weighted by Gasteiger charge is 2.45. The lowest BCUT2D eigenvalue weighted by Gasteiger charge is -2.43. The van der Waals surface area contributed by atoms with Gasteiger partial charge in [0, 0.05) is 30.2 Å². The molecule has 2 rings (SSSR count). The molecule has 1 N–H and O–H groups in total. The van der Waals surface area contributed by atoms with E-state index in [1.807, 2.05) is 24.3 Å². The van der Waals surface area contributed by atoms with Gasteiger partial charge in [-0.05, 0) is 30.7 Å². The van der Waals surface area contributed by atoms with Crippen LogP contribution in [0.25, 0.3) is 0 Å². The number of anilines is 1. The van der Waals surface area contributed by atoms with E-state index >= 15 is 0 Å². The number of rotatable bonds is 6. The van der Waals surface area contributed by atoms with E-state index in [1.165, 1.54) is 0 Å². The minimum Gasteiger partial charge on any atom is -0.378 e. The van der Waals surface area contributed by atoms with Gasteiger partial charge in [0.1, 0.15) is 5.54 Å². The zero-order valence-electron chi connectivity index (χ0n) is 11.2. The minimum atomic E-state index is -0.481. The fraction of sp³-hybridized carbons (Fsp3) is 0.533. The molecule has 1 aromatic rings. The van der Waals surface area contributed by atoms with Crippen LogP contribution in [-0.4, -0.2) is 18.2 Å². The molecule has 1 aromatic carbocycles. The van der Waals surface area contributed by atoms with Crippen LogP contribution in [0.4, 0.5) is 5.69 Å². The molecule has 0 heterocycles. The summed E-state index contributed by atoms with van der Waals surface area (Å²) < 4.78 is 5.72. The van der Waals surface area contributed by atoms with E-state index in [0.717, 1.165) is 38.0 Å². The summed E-state index contributed by atoms with van der Waals surface area (Å²) in [6, 6.07) is 9.81. The summed E-state index contributed by atoms with van der Waals surface area (Å²) >= 11 is 5.85. The standard InChI is InChI=1S/C15H19ClN2O/c1-2-3-8-19-14-9-15(10-14,11-17)18-13-6-4-12(16)5-7-13/h4-7,14,18H,2-3,8-10H2,1H3. The molecule has 0 atom stereocenters. The van der Waals surface area contributed by atoms with Gasteiger partial charge >= 0.3 is 0 Å². The van der Waals surface area contributed by atoms with Gasteiger partial charge in [-0.1, -0.05) is 24.9 Å². The van der Waals surface area contributed by atoms with Crippen LogP contribution in [0, 0.1) is 11.3 Å². The smallest absolute Gasteiger partial charge is 0.130 e. The van der Waals surface area contributed by atoms with Gasteiger partial charge in [-0.3, -0.25) is 0 Å². The summed E-state index contributed by atoms with van der Waals surface area (Å²) in [6.45, 7) is 2.94. The lowest BCUT2D eigenvalue weighted by molar-refractivity contribution is -0.0216. The van der Waals surface area contributed by atoms with Gasteiger partial charge in [0.15, 0.2) is 0 Å². The van der Waals surface area contributed by atoms with Gasteiger partial charge in [-0.15, -0.1) is 0 Å². The maximum Gasteiger partial charge on any atom is 0.130 e. The Morgan fingerprint density at radius 2 is 2.11 bits per heavy atom. The average molecular weight is 279 g/mol. The quantitative estimate of drug-likeness (QED) is 0.800. The Kier molecular flexibility index (Phi) is 4.68. The Hall–Kier alpha value is -1.24. The largest absolute Gasteiger partial charge is 0.378 e. The first-order valence-electron chi connectivity index (χ1n) is 6.74. The molecule has 1 aliphatic rings. The Labute approximate surface area is 119 Å². The third-order valence-electron chi connectivity index (χ3n) is 3.45. The van der Waals surface area contributed by atoms with Gasteiger partial charge in [0.05, 0.1) is 12.2 Å². The first-order valence-corrected chi connectivity index (χ1v) is 7.12. The van der Waals surface area contributed by atoms with Crippen molar-refractivity contribution in [3.05, 3.63) is 29.3 Å². The minimum absolute atomic E-state index is 0.214. The SMILES string of the molecule is CCCCOC1CC(C#N)(Nc2ccc(Cl)cc2)C1. The van der Waals surface area contributed by atoms with Crippen molar-refractivity contribution in [1.82, 2.24) is 0 Å². The van der Waals surface area contributed by atoms with E-state index in [1.54, 1.807) is 0 Å². The molecule has 0 unspecified atom stereocenters. The summed E-state index contributed by atoms with van der Waals surface area (Å²) in [5.74, 6) is 0. The Morgan fingerprint density at radius 3 is 2.68 bits per heavy atom. The number of hydrogen-bond acceptors (Lipinski definition) is 3. The van der Waals surface area contributed by atoms with E-state index in [0.29, 0.717) is 5.02 Å². The maximum absolute atomic E-state index is 9.35. The van der Waals surface area contributed by atoms with Gasteiger partial charge < -0.3 is 10.1 Å². The van der Waals surface area contributed by atoms with Crippen molar-refractivity contribution in [3.63, 3.8) is 0 Å². The average Bonchev–Trinajstić information content (AvgIpc) is 2.38. The number of unbranched alkanes of at least 4 members (excludes halogenated alkanes) is 1. The van der Waals surface area contributed by atoms with Crippen LogP contribution in [0.1, 0.15) is 32.6 Å². The first-order chi connectivity index (χ1) is 9.17. The van der Waals surface area contributed by atoms with E-state index in [-0.39, 0.29) is 6.10 Å². The van der Waals surface area contributed by atoms with Gasteiger partial charge in [-0.2, -0.15) is 5.26 Å². The van der Waals surface area contributed by atoms with Crippen molar-refractivity contribution < 1.29 is 4.74 Å². The molecule has 1 aliphatic carbocycles. The Bertz CT molecular complexity index is 446. The van der Waals surface area contributed by atoms with E-state index < -0.39 is 5.54 Å². The Balaban J connectivity index is 1.85. The third-order valence-corrected chi connectivity index (χ3v) is 3.70. The fourth-order valence-corrected chi connectivity index (χ4v) is 2.39. The number of nitrogens with one attached hydrogen (secondary N) is 1. The maximum atomic E-state index is 9.35. The topological polar surface area (TPSA) is 45.0 Å². The molecule has 0 saturated heterocycles. The predicted octanol–water partition coefficient (Wildman–Crippen LogP) is 3.99. The van der Waals surface area contributed by atoms with Crippen LogP contribution in [-0.2, 0) is 4.74 Å². The van der Waals surface area contributed by atoms with Crippen LogP contribution in [0.3, 0.4) is 0 Å². The second-order valence-corrected chi connectivity index (χ2v) is 5.52. The van der Waals surface area contributed by atoms with Crippen LogP contribution in [0.15, 0.2) is 24.3 Å². The molecule has 0 radical (unpaired) electrons. The molecule has 1 saturated carbocycles. The molecular weight excluding hydrogens is 260 g/mol. The first kappa shape index (κ1) is 14.2. The van der Waals surface area contributed by atoms with Crippen LogP contribution in [0.5, 0.6) is 0 Å². The second-order valence-electron chi connectivity index (χ2n) is 5.08. The summed E-state index contributed by atoms with van der Waals surface area (Å²) in [5, 5.41) is 13.3. The van der Waals surface area contributed by atoms with E-state index in [4.69, 9.17) is 16.3 Å². The van der Waals surface area contributed by atoms with Gasteiger partial charge in [0.2, 0.25) is 0 Å². The van der Waals surface area contributed by atoms with Crippen molar-refractivity contribution in [2.24, 2.45) is 0 Å². The van der Waals surface area contributed by atoms with Crippen molar-refractivity contribution in [3.8, 4) is 6.07 Å². The summed E-state index contributed by atoms with van der Waals surface area (Å²) in [4.78, 5) is 0.